The van der Waals surface area contributed by atoms with Crippen LogP contribution in [0, 0.1) is 5.92 Å². The Hall–Kier alpha value is -2.80. The van der Waals surface area contributed by atoms with Gasteiger partial charge in [-0.05, 0) is 50.3 Å². The first kappa shape index (κ1) is 22.4. The molecular formula is C25H36N6O. The Labute approximate surface area is 191 Å². The zero-order valence-electron chi connectivity index (χ0n) is 19.2. The lowest BCUT2D eigenvalue weighted by molar-refractivity contribution is 0.173. The minimum absolute atomic E-state index is 0.364. The smallest absolute Gasteiger partial charge is 0.320 e. The normalized spacial score (nSPS) is 17.2. The van der Waals surface area contributed by atoms with Crippen molar-refractivity contribution in [1.82, 2.24) is 14.9 Å². The number of nitrogens with one attached hydrogen (secondary N) is 1. The van der Waals surface area contributed by atoms with Crippen LogP contribution >= 0.6 is 0 Å². The number of ether oxygens (including phenoxy) is 1. The number of piperidine rings is 1. The van der Waals surface area contributed by atoms with E-state index in [1.54, 1.807) is 0 Å². The van der Waals surface area contributed by atoms with Gasteiger partial charge in [0, 0.05) is 18.8 Å². The average molecular weight is 437 g/mol. The minimum atomic E-state index is 0.364. The number of fused-ring (bicyclic) bond motifs is 1. The van der Waals surface area contributed by atoms with Crippen LogP contribution in [0.3, 0.4) is 0 Å². The highest BCUT2D eigenvalue weighted by atomic mass is 16.5. The molecule has 0 saturated carbocycles. The van der Waals surface area contributed by atoms with Crippen molar-refractivity contribution < 1.29 is 4.74 Å². The third kappa shape index (κ3) is 5.71. The molecule has 0 radical (unpaired) electrons. The van der Waals surface area contributed by atoms with Crippen LogP contribution in [0.15, 0.2) is 42.6 Å². The third-order valence-electron chi connectivity index (χ3n) is 6.37. The Morgan fingerprint density at radius 2 is 1.97 bits per heavy atom. The summed E-state index contributed by atoms with van der Waals surface area (Å²) in [5, 5.41) is 3.27. The van der Waals surface area contributed by atoms with Crippen molar-refractivity contribution in [1.29, 1.82) is 0 Å². The Balaban J connectivity index is 1.33. The molecule has 0 bridgehead atoms. The number of nitrogens with zero attached hydrogens (tertiary/aromatic N) is 4. The first-order chi connectivity index (χ1) is 15.6. The molecule has 1 aromatic heterocycles. The van der Waals surface area contributed by atoms with E-state index in [2.05, 4.69) is 68.9 Å². The second kappa shape index (κ2) is 10.7. The Morgan fingerprint density at radius 3 is 2.72 bits per heavy atom. The fourth-order valence-electron chi connectivity index (χ4n) is 4.49. The van der Waals surface area contributed by atoms with Crippen molar-refractivity contribution in [2.24, 2.45) is 5.92 Å². The highest BCUT2D eigenvalue weighted by molar-refractivity contribution is 5.80. The summed E-state index contributed by atoms with van der Waals surface area (Å²) in [6, 6.07) is 11.1. The van der Waals surface area contributed by atoms with Crippen molar-refractivity contribution in [2.75, 3.05) is 48.7 Å². The van der Waals surface area contributed by atoms with Crippen LogP contribution in [-0.2, 0) is 6.54 Å². The van der Waals surface area contributed by atoms with E-state index in [9.17, 15) is 0 Å². The number of hydrogen-bond donors (Lipinski definition) is 2. The van der Waals surface area contributed by atoms with E-state index < -0.39 is 0 Å². The summed E-state index contributed by atoms with van der Waals surface area (Å²) in [6.07, 6.45) is 5.66. The van der Waals surface area contributed by atoms with Crippen LogP contribution in [0.2, 0.25) is 0 Å². The second-order valence-electron chi connectivity index (χ2n) is 8.94. The van der Waals surface area contributed by atoms with Gasteiger partial charge in [0.15, 0.2) is 11.6 Å². The highest BCUT2D eigenvalue weighted by Crippen LogP contribution is 2.36. The maximum atomic E-state index is 6.22. The van der Waals surface area contributed by atoms with Crippen LogP contribution in [-0.4, -0.2) is 47.7 Å². The largest absolute Gasteiger partial charge is 0.463 e. The number of hydrogen-bond acceptors (Lipinski definition) is 7. The van der Waals surface area contributed by atoms with E-state index >= 15 is 0 Å². The summed E-state index contributed by atoms with van der Waals surface area (Å²) in [6.45, 7) is 11.9. The predicted molar refractivity (Wildman–Crippen MR) is 131 cm³/mol. The molecule has 2 aliphatic rings. The molecule has 1 saturated heterocycles. The molecule has 7 nitrogen and oxygen atoms in total. The number of benzene rings is 1. The molecule has 1 fully saturated rings. The molecule has 3 N–H and O–H groups in total. The van der Waals surface area contributed by atoms with Gasteiger partial charge in [-0.2, -0.15) is 9.97 Å². The third-order valence-corrected chi connectivity index (χ3v) is 6.37. The van der Waals surface area contributed by atoms with Crippen molar-refractivity contribution in [3.63, 3.8) is 0 Å². The second-order valence-corrected chi connectivity index (χ2v) is 8.94. The lowest BCUT2D eigenvalue weighted by atomic mass is 9.93. The number of nitrogens with two attached hydrogens (primary N) is 1. The molecule has 4 rings (SSSR count). The van der Waals surface area contributed by atoms with Crippen LogP contribution in [0.1, 0.15) is 44.6 Å². The molecule has 2 aliphatic heterocycles. The molecule has 1 aromatic carbocycles. The van der Waals surface area contributed by atoms with Crippen LogP contribution < -0.4 is 20.7 Å². The first-order valence-electron chi connectivity index (χ1n) is 11.9. The molecular weight excluding hydrogens is 400 g/mol. The monoisotopic (exact) mass is 436 g/mol. The van der Waals surface area contributed by atoms with Gasteiger partial charge in [-0.15, -0.1) is 0 Å². The molecule has 0 spiro atoms. The first-order valence-corrected chi connectivity index (χ1v) is 11.9. The number of unbranched alkanes of at least 4 members (excludes halogenated alkanes) is 1. The van der Waals surface area contributed by atoms with Gasteiger partial charge < -0.3 is 20.7 Å². The summed E-state index contributed by atoms with van der Waals surface area (Å²) in [5.74, 6) is 1.98. The summed E-state index contributed by atoms with van der Waals surface area (Å²) in [5.41, 5.74) is 9.29. The van der Waals surface area contributed by atoms with E-state index in [1.165, 1.54) is 18.4 Å². The van der Waals surface area contributed by atoms with Crippen LogP contribution in [0.4, 0.5) is 17.3 Å². The molecule has 0 amide bonds. The maximum Gasteiger partial charge on any atom is 0.320 e. The summed E-state index contributed by atoms with van der Waals surface area (Å²) in [7, 11) is 0. The number of aromatic nitrogens is 2. The maximum absolute atomic E-state index is 6.22. The van der Waals surface area contributed by atoms with Gasteiger partial charge in [0.05, 0.1) is 13.2 Å². The summed E-state index contributed by atoms with van der Waals surface area (Å²) >= 11 is 0. The van der Waals surface area contributed by atoms with E-state index in [1.807, 2.05) is 0 Å². The van der Waals surface area contributed by atoms with E-state index in [0.29, 0.717) is 18.4 Å². The summed E-state index contributed by atoms with van der Waals surface area (Å²) in [4.78, 5) is 13.9. The van der Waals surface area contributed by atoms with Crippen LogP contribution in [0.5, 0.6) is 6.01 Å². The molecule has 0 unspecified atom stereocenters. The van der Waals surface area contributed by atoms with Gasteiger partial charge in [0.2, 0.25) is 0 Å². The standard InChI is InChI=1S/C25H36N6O/c1-3-4-16-32-25-28-23(26)22-24(29-25)31(17-19(2)27-22)15-12-20-10-13-30(14-11-20)18-21-8-6-5-7-9-21/h5-9,20,27H,2-4,10-18H2,1H3,(H2,26,28,29). The molecule has 0 atom stereocenters. The zero-order valence-corrected chi connectivity index (χ0v) is 19.2. The Kier molecular flexibility index (Phi) is 7.47. The van der Waals surface area contributed by atoms with E-state index in [0.717, 1.165) is 75.1 Å². The lowest BCUT2D eigenvalue weighted by Crippen LogP contribution is -2.37. The van der Waals surface area contributed by atoms with Crippen molar-refractivity contribution in [3.05, 3.63) is 48.2 Å². The number of anilines is 3. The predicted octanol–water partition coefficient (Wildman–Crippen LogP) is 4.29. The average Bonchev–Trinajstić information content (AvgIpc) is 2.80. The Bertz CT molecular complexity index is 895. The van der Waals surface area contributed by atoms with Crippen molar-refractivity contribution in [3.8, 4) is 6.01 Å². The Morgan fingerprint density at radius 1 is 1.19 bits per heavy atom. The quantitative estimate of drug-likeness (QED) is 0.568. The number of nitrogen functional groups attached to an aromatic ring is 1. The zero-order chi connectivity index (χ0) is 22.3. The van der Waals surface area contributed by atoms with Crippen molar-refractivity contribution >= 4 is 17.3 Å². The molecule has 0 aliphatic carbocycles. The number of likely N-dealkylation sites (tertiary alicyclic amines) is 1. The fraction of sp³-hybridized carbons (Fsp3) is 0.520. The van der Waals surface area contributed by atoms with E-state index in [4.69, 9.17) is 10.5 Å². The number of rotatable bonds is 9. The topological polar surface area (TPSA) is 79.5 Å². The van der Waals surface area contributed by atoms with Gasteiger partial charge in [0.1, 0.15) is 5.69 Å². The van der Waals surface area contributed by atoms with Gasteiger partial charge >= 0.3 is 6.01 Å². The van der Waals surface area contributed by atoms with Gasteiger partial charge in [0.25, 0.3) is 0 Å². The molecule has 172 valence electrons. The van der Waals surface area contributed by atoms with Gasteiger partial charge in [-0.3, -0.25) is 4.90 Å². The summed E-state index contributed by atoms with van der Waals surface area (Å²) < 4.78 is 5.74. The minimum Gasteiger partial charge on any atom is -0.463 e. The van der Waals surface area contributed by atoms with Crippen molar-refractivity contribution in [2.45, 2.75) is 45.6 Å². The van der Waals surface area contributed by atoms with Gasteiger partial charge in [-0.1, -0.05) is 50.3 Å². The van der Waals surface area contributed by atoms with Crippen LogP contribution in [0.25, 0.3) is 0 Å². The molecule has 7 heteroatoms. The lowest BCUT2D eigenvalue weighted by Gasteiger charge is -2.35. The fourth-order valence-corrected chi connectivity index (χ4v) is 4.49. The SMILES string of the molecule is C=C1CN(CCC2CCN(Cc3ccccc3)CC2)c2nc(OCCCC)nc(N)c2N1. The van der Waals surface area contributed by atoms with E-state index in [-0.39, 0.29) is 0 Å². The molecule has 32 heavy (non-hydrogen) atoms. The highest BCUT2D eigenvalue weighted by Gasteiger charge is 2.26. The van der Waals surface area contributed by atoms with Gasteiger partial charge in [-0.25, -0.2) is 0 Å². The molecule has 3 heterocycles. The molecule has 2 aromatic rings.